The molecule has 98 valence electrons. The van der Waals surface area contributed by atoms with Crippen molar-refractivity contribution in [2.45, 2.75) is 13.0 Å². The molecule has 0 spiro atoms. The molecule has 2 rings (SSSR count). The van der Waals surface area contributed by atoms with Crippen molar-refractivity contribution >= 4 is 17.4 Å². The summed E-state index contributed by atoms with van der Waals surface area (Å²) in [4.78, 5) is 19.3. The molecule has 1 aromatic carbocycles. The smallest absolute Gasteiger partial charge is 0.323 e. The summed E-state index contributed by atoms with van der Waals surface area (Å²) in [7, 11) is 0. The zero-order valence-corrected chi connectivity index (χ0v) is 10.4. The predicted molar refractivity (Wildman–Crippen MR) is 71.7 cm³/mol. The molecule has 6 heteroatoms. The van der Waals surface area contributed by atoms with Crippen LogP contribution in [0.15, 0.2) is 43.0 Å². The molecule has 19 heavy (non-hydrogen) atoms. The molecule has 0 bridgehead atoms. The summed E-state index contributed by atoms with van der Waals surface area (Å²) >= 11 is 0. The molecule has 1 atom stereocenters. The van der Waals surface area contributed by atoms with Crippen LogP contribution in [0.3, 0.4) is 0 Å². The van der Waals surface area contributed by atoms with Crippen molar-refractivity contribution in [1.29, 1.82) is 0 Å². The number of aromatic nitrogens is 2. The van der Waals surface area contributed by atoms with Crippen molar-refractivity contribution in [3.05, 3.63) is 48.5 Å². The topological polar surface area (TPSA) is 87.1 Å². The second-order valence-corrected chi connectivity index (χ2v) is 4.01. The Balaban J connectivity index is 2.01. The fourth-order valence-corrected chi connectivity index (χ4v) is 1.53. The molecule has 0 aliphatic carbocycles. The van der Waals surface area contributed by atoms with Crippen molar-refractivity contribution in [3.8, 4) is 0 Å². The standard InChI is InChI=1S/C13H14N4O2/c1-9(18)10-3-2-4-11(5-10)16-13(19)17-12-6-14-8-15-7-12/h2-9,18H,1H3,(H2,16,17,19). The number of nitrogens with one attached hydrogen (secondary N) is 2. The SMILES string of the molecule is CC(O)c1cccc(NC(=O)Nc2cncnc2)c1. The first-order valence-electron chi connectivity index (χ1n) is 5.76. The van der Waals surface area contributed by atoms with Crippen LogP contribution in [0.1, 0.15) is 18.6 Å². The fourth-order valence-electron chi connectivity index (χ4n) is 1.53. The van der Waals surface area contributed by atoms with Crippen LogP contribution in [0.25, 0.3) is 0 Å². The van der Waals surface area contributed by atoms with E-state index in [1.807, 2.05) is 0 Å². The van der Waals surface area contributed by atoms with Gasteiger partial charge in [-0.25, -0.2) is 14.8 Å². The molecule has 0 saturated carbocycles. The Bertz CT molecular complexity index is 558. The molecule has 1 unspecified atom stereocenters. The van der Waals surface area contributed by atoms with E-state index in [1.54, 1.807) is 31.2 Å². The molecular formula is C13H14N4O2. The van der Waals surface area contributed by atoms with Gasteiger partial charge in [0, 0.05) is 5.69 Å². The van der Waals surface area contributed by atoms with Gasteiger partial charge in [-0.2, -0.15) is 0 Å². The van der Waals surface area contributed by atoms with E-state index in [9.17, 15) is 9.90 Å². The van der Waals surface area contributed by atoms with Crippen LogP contribution < -0.4 is 10.6 Å². The number of rotatable bonds is 3. The summed E-state index contributed by atoms with van der Waals surface area (Å²) in [6, 6.07) is 6.62. The van der Waals surface area contributed by atoms with Crippen LogP contribution >= 0.6 is 0 Å². The molecule has 1 aromatic heterocycles. The minimum Gasteiger partial charge on any atom is -0.389 e. The van der Waals surface area contributed by atoms with Crippen LogP contribution in [0.4, 0.5) is 16.2 Å². The highest BCUT2D eigenvalue weighted by atomic mass is 16.3. The molecule has 6 nitrogen and oxygen atoms in total. The van der Waals surface area contributed by atoms with Crippen LogP contribution in [0.5, 0.6) is 0 Å². The lowest BCUT2D eigenvalue weighted by molar-refractivity contribution is 0.199. The Morgan fingerprint density at radius 1 is 1.21 bits per heavy atom. The minimum absolute atomic E-state index is 0.391. The van der Waals surface area contributed by atoms with Gasteiger partial charge < -0.3 is 15.7 Å². The Hall–Kier alpha value is -2.47. The van der Waals surface area contributed by atoms with Gasteiger partial charge >= 0.3 is 6.03 Å². The molecule has 0 fully saturated rings. The molecule has 2 aromatic rings. The Kier molecular flexibility index (Phi) is 4.04. The second kappa shape index (κ2) is 5.92. The maximum atomic E-state index is 11.7. The van der Waals surface area contributed by atoms with Gasteiger partial charge in [-0.15, -0.1) is 0 Å². The zero-order valence-electron chi connectivity index (χ0n) is 10.4. The van der Waals surface area contributed by atoms with Gasteiger partial charge in [0.25, 0.3) is 0 Å². The number of hydrogen-bond acceptors (Lipinski definition) is 4. The van der Waals surface area contributed by atoms with Crippen molar-refractivity contribution in [3.63, 3.8) is 0 Å². The number of benzene rings is 1. The Morgan fingerprint density at radius 3 is 2.58 bits per heavy atom. The van der Waals surface area contributed by atoms with Crippen LogP contribution in [-0.4, -0.2) is 21.1 Å². The van der Waals surface area contributed by atoms with Crippen molar-refractivity contribution in [2.24, 2.45) is 0 Å². The number of nitrogens with zero attached hydrogens (tertiary/aromatic N) is 2. The first-order chi connectivity index (χ1) is 9.15. The number of carbonyl (C=O) groups is 1. The number of carbonyl (C=O) groups excluding carboxylic acids is 1. The summed E-state index contributed by atoms with van der Waals surface area (Å²) in [5.41, 5.74) is 1.85. The fraction of sp³-hybridized carbons (Fsp3) is 0.154. The molecular weight excluding hydrogens is 244 g/mol. The first-order valence-corrected chi connectivity index (χ1v) is 5.76. The lowest BCUT2D eigenvalue weighted by Crippen LogP contribution is -2.19. The third-order valence-electron chi connectivity index (χ3n) is 2.45. The molecule has 0 aliphatic heterocycles. The monoisotopic (exact) mass is 258 g/mol. The van der Waals surface area contributed by atoms with E-state index in [1.165, 1.54) is 18.7 Å². The van der Waals surface area contributed by atoms with Gasteiger partial charge in [0.05, 0.1) is 24.2 Å². The average molecular weight is 258 g/mol. The lowest BCUT2D eigenvalue weighted by Gasteiger charge is -2.09. The normalized spacial score (nSPS) is 11.7. The summed E-state index contributed by atoms with van der Waals surface area (Å²) in [6.45, 7) is 1.67. The van der Waals surface area contributed by atoms with Crippen molar-refractivity contribution in [2.75, 3.05) is 10.6 Å². The number of hydrogen-bond donors (Lipinski definition) is 3. The number of aliphatic hydroxyl groups excluding tert-OH is 1. The number of urea groups is 1. The van der Waals surface area contributed by atoms with E-state index in [2.05, 4.69) is 20.6 Å². The maximum absolute atomic E-state index is 11.7. The molecule has 0 radical (unpaired) electrons. The van der Waals surface area contributed by atoms with Gasteiger partial charge in [-0.1, -0.05) is 12.1 Å². The molecule has 2 amide bonds. The number of aliphatic hydroxyl groups is 1. The second-order valence-electron chi connectivity index (χ2n) is 4.01. The molecule has 1 heterocycles. The zero-order chi connectivity index (χ0) is 13.7. The third-order valence-corrected chi connectivity index (χ3v) is 2.45. The van der Waals surface area contributed by atoms with E-state index < -0.39 is 12.1 Å². The lowest BCUT2D eigenvalue weighted by atomic mass is 10.1. The highest BCUT2D eigenvalue weighted by Gasteiger charge is 2.05. The molecule has 3 N–H and O–H groups in total. The van der Waals surface area contributed by atoms with Gasteiger partial charge in [0.15, 0.2) is 0 Å². The van der Waals surface area contributed by atoms with Crippen LogP contribution in [0.2, 0.25) is 0 Å². The van der Waals surface area contributed by atoms with E-state index in [4.69, 9.17) is 0 Å². The van der Waals surface area contributed by atoms with E-state index >= 15 is 0 Å². The van der Waals surface area contributed by atoms with E-state index in [0.29, 0.717) is 11.4 Å². The third kappa shape index (κ3) is 3.75. The summed E-state index contributed by atoms with van der Waals surface area (Å²) in [6.07, 6.45) is 3.81. The van der Waals surface area contributed by atoms with Gasteiger partial charge in [0.2, 0.25) is 0 Å². The van der Waals surface area contributed by atoms with E-state index in [-0.39, 0.29) is 0 Å². The summed E-state index contributed by atoms with van der Waals surface area (Å²) in [5, 5.41) is 14.7. The minimum atomic E-state index is -0.577. The van der Waals surface area contributed by atoms with Crippen molar-refractivity contribution < 1.29 is 9.90 Å². The van der Waals surface area contributed by atoms with Crippen molar-refractivity contribution in [1.82, 2.24) is 9.97 Å². The summed E-state index contributed by atoms with van der Waals surface area (Å²) in [5.74, 6) is 0. The van der Waals surface area contributed by atoms with Crippen LogP contribution in [-0.2, 0) is 0 Å². The van der Waals surface area contributed by atoms with E-state index in [0.717, 1.165) is 5.56 Å². The highest BCUT2D eigenvalue weighted by Crippen LogP contribution is 2.17. The van der Waals surface area contributed by atoms with Gasteiger partial charge in [-0.3, -0.25) is 0 Å². The number of anilines is 2. The Morgan fingerprint density at radius 2 is 1.89 bits per heavy atom. The quantitative estimate of drug-likeness (QED) is 0.787. The summed E-state index contributed by atoms with van der Waals surface area (Å²) < 4.78 is 0. The van der Waals surface area contributed by atoms with Gasteiger partial charge in [0.1, 0.15) is 6.33 Å². The van der Waals surface area contributed by atoms with Gasteiger partial charge in [-0.05, 0) is 24.6 Å². The number of amides is 2. The largest absolute Gasteiger partial charge is 0.389 e. The average Bonchev–Trinajstić information content (AvgIpc) is 2.40. The predicted octanol–water partition coefficient (Wildman–Crippen LogP) is 2.17. The Labute approximate surface area is 110 Å². The van der Waals surface area contributed by atoms with Crippen LogP contribution in [0, 0.1) is 0 Å². The highest BCUT2D eigenvalue weighted by molar-refractivity contribution is 5.99. The first kappa shape index (κ1) is 13.0. The molecule has 0 saturated heterocycles. The maximum Gasteiger partial charge on any atom is 0.323 e. The molecule has 0 aliphatic rings.